The Kier molecular flexibility index (Phi) is 5.72. The van der Waals surface area contributed by atoms with Crippen LogP contribution < -0.4 is 20.3 Å². The van der Waals surface area contributed by atoms with E-state index in [-0.39, 0.29) is 11.6 Å². The van der Waals surface area contributed by atoms with Crippen LogP contribution in [0.3, 0.4) is 0 Å². The minimum absolute atomic E-state index is 0.233. The summed E-state index contributed by atoms with van der Waals surface area (Å²) in [6, 6.07) is 8.58. The highest BCUT2D eigenvalue weighted by molar-refractivity contribution is 6.01. The maximum absolute atomic E-state index is 12.8. The maximum Gasteiger partial charge on any atom is 0.330 e. The van der Waals surface area contributed by atoms with Crippen LogP contribution in [0.1, 0.15) is 33.1 Å². The van der Waals surface area contributed by atoms with Gasteiger partial charge < -0.3 is 20.5 Å². The minimum atomic E-state index is -1.19. The van der Waals surface area contributed by atoms with Crippen molar-refractivity contribution in [2.75, 3.05) is 25.1 Å². The van der Waals surface area contributed by atoms with Crippen LogP contribution in [0, 0.1) is 13.8 Å². The Morgan fingerprint density at radius 3 is 2.41 bits per heavy atom. The number of amides is 3. The summed E-state index contributed by atoms with van der Waals surface area (Å²) < 4.78 is 5.31. The van der Waals surface area contributed by atoms with E-state index < -0.39 is 17.9 Å². The first kappa shape index (κ1) is 20.2. The third-order valence-corrected chi connectivity index (χ3v) is 4.69. The Bertz CT molecular complexity index is 953. The molecule has 3 amide bonds. The molecule has 8 heteroatoms. The average Bonchev–Trinajstić information content (AvgIpc) is 3.10. The molecule has 0 radical (unpaired) electrons. The molecule has 1 atom stereocenters. The van der Waals surface area contributed by atoms with Crippen LogP contribution in [0.25, 0.3) is 0 Å². The third kappa shape index (κ3) is 4.31. The van der Waals surface area contributed by atoms with Crippen molar-refractivity contribution in [3.8, 4) is 5.75 Å². The summed E-state index contributed by atoms with van der Waals surface area (Å²) in [6.07, 6.45) is 0. The van der Waals surface area contributed by atoms with Gasteiger partial charge in [0.1, 0.15) is 5.75 Å². The highest BCUT2D eigenvalue weighted by Crippen LogP contribution is 2.30. The number of hydrogen-bond donors (Lipinski definition) is 3. The molecule has 0 saturated carbocycles. The summed E-state index contributed by atoms with van der Waals surface area (Å²) in [4.78, 5) is 38.1. The van der Waals surface area contributed by atoms with Gasteiger partial charge in [0.05, 0.1) is 12.8 Å². The van der Waals surface area contributed by atoms with Crippen molar-refractivity contribution in [3.05, 3.63) is 58.7 Å². The number of aliphatic carboxylic acids is 1. The summed E-state index contributed by atoms with van der Waals surface area (Å²) >= 11 is 0. The number of rotatable bonds is 6. The predicted octanol–water partition coefficient (Wildman–Crippen LogP) is 2.40. The van der Waals surface area contributed by atoms with Gasteiger partial charge in [-0.1, -0.05) is 29.3 Å². The van der Waals surface area contributed by atoms with E-state index in [9.17, 15) is 19.5 Å². The van der Waals surface area contributed by atoms with Crippen LogP contribution >= 0.6 is 0 Å². The largest absolute Gasteiger partial charge is 0.495 e. The Balaban J connectivity index is 1.90. The molecule has 3 rings (SSSR count). The fourth-order valence-electron chi connectivity index (χ4n) is 3.42. The SMILES string of the molecule is COc1ccc(C(=O)NC(C(=O)O)c2cc(C)cc(C)c2)cc1N1CCNC1=O. The fraction of sp³-hybridized carbons (Fsp3) is 0.286. The van der Waals surface area contributed by atoms with E-state index in [4.69, 9.17) is 4.74 Å². The lowest BCUT2D eigenvalue weighted by molar-refractivity contribution is -0.139. The van der Waals surface area contributed by atoms with E-state index in [1.54, 1.807) is 18.2 Å². The lowest BCUT2D eigenvalue weighted by Crippen LogP contribution is -2.34. The van der Waals surface area contributed by atoms with Crippen molar-refractivity contribution in [2.45, 2.75) is 19.9 Å². The zero-order valence-corrected chi connectivity index (χ0v) is 16.5. The molecule has 2 aromatic rings. The maximum atomic E-state index is 12.8. The van der Waals surface area contributed by atoms with Gasteiger partial charge in [-0.25, -0.2) is 9.59 Å². The number of hydrogen-bond acceptors (Lipinski definition) is 4. The standard InChI is InChI=1S/C21H23N3O5/c1-12-8-13(2)10-15(9-12)18(20(26)27)23-19(25)14-4-5-17(29-3)16(11-14)24-7-6-22-21(24)28/h4-5,8-11,18H,6-7H2,1-3H3,(H,22,28)(H,23,25)(H,26,27). The minimum Gasteiger partial charge on any atom is -0.495 e. The number of methoxy groups -OCH3 is 1. The van der Waals surface area contributed by atoms with Gasteiger partial charge in [0, 0.05) is 18.7 Å². The molecule has 0 aliphatic carbocycles. The quantitative estimate of drug-likeness (QED) is 0.694. The number of anilines is 1. The van der Waals surface area contributed by atoms with E-state index in [1.807, 2.05) is 19.9 Å². The third-order valence-electron chi connectivity index (χ3n) is 4.69. The molecule has 29 heavy (non-hydrogen) atoms. The van der Waals surface area contributed by atoms with Gasteiger partial charge in [0.2, 0.25) is 0 Å². The van der Waals surface area contributed by atoms with E-state index in [0.717, 1.165) is 11.1 Å². The van der Waals surface area contributed by atoms with Crippen LogP contribution in [0.2, 0.25) is 0 Å². The molecule has 1 saturated heterocycles. The molecule has 0 bridgehead atoms. The van der Waals surface area contributed by atoms with Gasteiger partial charge in [0.25, 0.3) is 5.91 Å². The Labute approximate surface area is 168 Å². The van der Waals surface area contributed by atoms with Gasteiger partial charge in [0.15, 0.2) is 6.04 Å². The first-order chi connectivity index (χ1) is 13.8. The van der Waals surface area contributed by atoms with E-state index in [2.05, 4.69) is 10.6 Å². The zero-order chi connectivity index (χ0) is 21.1. The smallest absolute Gasteiger partial charge is 0.330 e. The molecule has 8 nitrogen and oxygen atoms in total. The van der Waals surface area contributed by atoms with Crippen LogP contribution in [0.15, 0.2) is 36.4 Å². The predicted molar refractivity (Wildman–Crippen MR) is 107 cm³/mol. The first-order valence-electron chi connectivity index (χ1n) is 9.15. The van der Waals surface area contributed by atoms with Crippen molar-refractivity contribution in [2.24, 2.45) is 0 Å². The fourth-order valence-corrected chi connectivity index (χ4v) is 3.42. The number of benzene rings is 2. The number of urea groups is 1. The van der Waals surface area contributed by atoms with Gasteiger partial charge in [-0.15, -0.1) is 0 Å². The summed E-state index contributed by atoms with van der Waals surface area (Å²) in [5.41, 5.74) is 3.00. The highest BCUT2D eigenvalue weighted by atomic mass is 16.5. The summed E-state index contributed by atoms with van der Waals surface area (Å²) in [5.74, 6) is -1.27. The lowest BCUT2D eigenvalue weighted by Gasteiger charge is -2.20. The van der Waals surface area contributed by atoms with Crippen LogP contribution in [-0.2, 0) is 4.79 Å². The number of carboxylic acids is 1. The number of ether oxygens (including phenoxy) is 1. The van der Waals surface area contributed by atoms with Gasteiger partial charge in [-0.05, 0) is 37.6 Å². The summed E-state index contributed by atoms with van der Waals surface area (Å²) in [6.45, 7) is 4.68. The van der Waals surface area contributed by atoms with Crippen LogP contribution in [0.4, 0.5) is 10.5 Å². The molecule has 0 aromatic heterocycles. The van der Waals surface area contributed by atoms with E-state index in [1.165, 1.54) is 24.1 Å². The Hall–Kier alpha value is -3.55. The van der Waals surface area contributed by atoms with Crippen LogP contribution in [-0.4, -0.2) is 43.2 Å². The summed E-state index contributed by atoms with van der Waals surface area (Å²) in [5, 5.41) is 14.9. The average molecular weight is 397 g/mol. The molecule has 2 aromatic carbocycles. The van der Waals surface area contributed by atoms with Crippen molar-refractivity contribution in [1.82, 2.24) is 10.6 Å². The molecule has 3 N–H and O–H groups in total. The molecule has 1 heterocycles. The van der Waals surface area contributed by atoms with Crippen LogP contribution in [0.5, 0.6) is 5.75 Å². The lowest BCUT2D eigenvalue weighted by atomic mass is 10.0. The topological polar surface area (TPSA) is 108 Å². The second-order valence-corrected chi connectivity index (χ2v) is 6.94. The first-order valence-corrected chi connectivity index (χ1v) is 9.15. The van der Waals surface area contributed by atoms with Gasteiger partial charge >= 0.3 is 12.0 Å². The number of aryl methyl sites for hydroxylation is 2. The molecule has 0 spiro atoms. The van der Waals surface area contributed by atoms with Crippen molar-refractivity contribution in [1.29, 1.82) is 0 Å². The second-order valence-electron chi connectivity index (χ2n) is 6.94. The van der Waals surface area contributed by atoms with Crippen molar-refractivity contribution < 1.29 is 24.2 Å². The Morgan fingerprint density at radius 1 is 1.17 bits per heavy atom. The van der Waals surface area contributed by atoms with Crippen molar-refractivity contribution >= 4 is 23.6 Å². The monoisotopic (exact) mass is 397 g/mol. The normalized spacial score (nSPS) is 14.3. The molecule has 1 unspecified atom stereocenters. The molecular weight excluding hydrogens is 374 g/mol. The number of carboxylic acid groups (broad SMARTS) is 1. The number of carbonyl (C=O) groups is 3. The number of nitrogens with zero attached hydrogens (tertiary/aromatic N) is 1. The molecule has 1 aliphatic heterocycles. The molecule has 1 aliphatic rings. The van der Waals surface area contributed by atoms with E-state index >= 15 is 0 Å². The zero-order valence-electron chi connectivity index (χ0n) is 16.5. The molecular formula is C21H23N3O5. The highest BCUT2D eigenvalue weighted by Gasteiger charge is 2.27. The van der Waals surface area contributed by atoms with Crippen molar-refractivity contribution in [3.63, 3.8) is 0 Å². The Morgan fingerprint density at radius 2 is 1.86 bits per heavy atom. The van der Waals surface area contributed by atoms with Gasteiger partial charge in [-0.3, -0.25) is 9.69 Å². The number of carbonyl (C=O) groups excluding carboxylic acids is 2. The molecule has 1 fully saturated rings. The number of nitrogens with one attached hydrogen (secondary N) is 2. The summed E-state index contributed by atoms with van der Waals surface area (Å²) in [7, 11) is 1.48. The van der Waals surface area contributed by atoms with E-state index in [0.29, 0.717) is 30.1 Å². The molecule has 152 valence electrons. The second kappa shape index (κ2) is 8.22. The van der Waals surface area contributed by atoms with Gasteiger partial charge in [-0.2, -0.15) is 0 Å².